The fourth-order valence-electron chi connectivity index (χ4n) is 1.30. The number of aliphatic hydroxyl groups excluding tert-OH is 3. The van der Waals surface area contributed by atoms with Crippen LogP contribution in [0.1, 0.15) is 13.3 Å². The molecule has 1 fully saturated rings. The number of nitrogens with two attached hydrogens (primary N) is 1. The first-order valence-electron chi connectivity index (χ1n) is 4.03. The maximum Gasteiger partial charge on any atom is 0.172 e. The zero-order valence-corrected chi connectivity index (χ0v) is 6.92. The Labute approximate surface area is 70.8 Å². The van der Waals surface area contributed by atoms with Crippen LogP contribution in [0.15, 0.2) is 0 Å². The maximum atomic E-state index is 9.36. The quantitative estimate of drug-likeness (QED) is 0.377. The monoisotopic (exact) mass is 177 g/mol. The van der Waals surface area contributed by atoms with E-state index in [4.69, 9.17) is 15.6 Å². The average Bonchev–Trinajstić information content (AvgIpc) is 2.08. The van der Waals surface area contributed by atoms with Crippen molar-refractivity contribution in [2.24, 2.45) is 5.73 Å². The van der Waals surface area contributed by atoms with Gasteiger partial charge in [-0.15, -0.1) is 0 Å². The first-order valence-corrected chi connectivity index (χ1v) is 4.03. The maximum absolute atomic E-state index is 9.36. The van der Waals surface area contributed by atoms with Crippen LogP contribution in [-0.2, 0) is 4.74 Å². The average molecular weight is 177 g/mol. The van der Waals surface area contributed by atoms with Gasteiger partial charge in [0.05, 0.1) is 12.1 Å². The third kappa shape index (κ3) is 1.60. The van der Waals surface area contributed by atoms with Crippen molar-refractivity contribution in [2.75, 3.05) is 0 Å². The number of rotatable bonds is 1. The Balaban J connectivity index is 2.63. The van der Waals surface area contributed by atoms with Crippen LogP contribution in [0.4, 0.5) is 0 Å². The lowest BCUT2D eigenvalue weighted by molar-refractivity contribution is -0.242. The standard InChI is InChI=1S/C7H15NO4/c1-2-3-5(9)6(10)4(8)7(11)12-3/h3-7,9-11H,2,8H2,1H3/t3-,4+,5+,6-,7-/m1/s1. The van der Waals surface area contributed by atoms with Crippen molar-refractivity contribution in [3.63, 3.8) is 0 Å². The highest BCUT2D eigenvalue weighted by Crippen LogP contribution is 2.20. The highest BCUT2D eigenvalue weighted by Gasteiger charge is 2.40. The van der Waals surface area contributed by atoms with E-state index in [2.05, 4.69) is 0 Å². The van der Waals surface area contributed by atoms with Gasteiger partial charge in [0.25, 0.3) is 0 Å². The molecule has 72 valence electrons. The van der Waals surface area contributed by atoms with Gasteiger partial charge in [-0.2, -0.15) is 0 Å². The van der Waals surface area contributed by atoms with E-state index < -0.39 is 30.6 Å². The van der Waals surface area contributed by atoms with Gasteiger partial charge in [0.2, 0.25) is 0 Å². The van der Waals surface area contributed by atoms with Crippen LogP contribution in [0.25, 0.3) is 0 Å². The third-order valence-corrected chi connectivity index (χ3v) is 2.17. The lowest BCUT2D eigenvalue weighted by Crippen LogP contribution is -2.60. The Morgan fingerprint density at radius 2 is 1.83 bits per heavy atom. The molecule has 0 bridgehead atoms. The molecular formula is C7H15NO4. The summed E-state index contributed by atoms with van der Waals surface area (Å²) < 4.78 is 4.95. The van der Waals surface area contributed by atoms with Crippen molar-refractivity contribution in [1.82, 2.24) is 0 Å². The third-order valence-electron chi connectivity index (χ3n) is 2.17. The zero-order chi connectivity index (χ0) is 9.30. The summed E-state index contributed by atoms with van der Waals surface area (Å²) in [4.78, 5) is 0. The smallest absolute Gasteiger partial charge is 0.172 e. The van der Waals surface area contributed by atoms with Gasteiger partial charge in [-0.25, -0.2) is 0 Å². The van der Waals surface area contributed by atoms with E-state index in [0.29, 0.717) is 6.42 Å². The predicted octanol–water partition coefficient (Wildman–Crippen LogP) is -1.84. The molecule has 1 aliphatic rings. The molecular weight excluding hydrogens is 162 g/mol. The molecule has 1 heterocycles. The number of ether oxygens (including phenoxy) is 1. The number of hydrogen-bond donors (Lipinski definition) is 4. The SMILES string of the molecule is CC[C@H]1O[C@@H](O)[C@@H](N)[C@@H](O)[C@H]1O. The van der Waals surface area contributed by atoms with Crippen LogP contribution in [0.2, 0.25) is 0 Å². The summed E-state index contributed by atoms with van der Waals surface area (Å²) in [5.74, 6) is 0. The van der Waals surface area contributed by atoms with Gasteiger partial charge in [0, 0.05) is 0 Å². The fourth-order valence-corrected chi connectivity index (χ4v) is 1.30. The lowest BCUT2D eigenvalue weighted by atomic mass is 9.96. The molecule has 0 aromatic rings. The summed E-state index contributed by atoms with van der Waals surface area (Å²) in [7, 11) is 0. The van der Waals surface area contributed by atoms with E-state index in [1.165, 1.54) is 0 Å². The second-order valence-electron chi connectivity index (χ2n) is 3.03. The molecule has 1 saturated heterocycles. The molecule has 0 saturated carbocycles. The Morgan fingerprint density at radius 3 is 2.33 bits per heavy atom. The van der Waals surface area contributed by atoms with Gasteiger partial charge < -0.3 is 25.8 Å². The molecule has 1 rings (SSSR count). The fraction of sp³-hybridized carbons (Fsp3) is 1.00. The largest absolute Gasteiger partial charge is 0.388 e. The molecule has 12 heavy (non-hydrogen) atoms. The van der Waals surface area contributed by atoms with Crippen LogP contribution in [0, 0.1) is 0 Å². The van der Waals surface area contributed by atoms with Crippen molar-refractivity contribution in [1.29, 1.82) is 0 Å². The van der Waals surface area contributed by atoms with Crippen molar-refractivity contribution >= 4 is 0 Å². The highest BCUT2D eigenvalue weighted by atomic mass is 16.6. The van der Waals surface area contributed by atoms with Crippen molar-refractivity contribution in [3.8, 4) is 0 Å². The van der Waals surface area contributed by atoms with Crippen molar-refractivity contribution in [2.45, 2.75) is 44.0 Å². The van der Waals surface area contributed by atoms with Gasteiger partial charge in [-0.1, -0.05) is 6.92 Å². The summed E-state index contributed by atoms with van der Waals surface area (Å²) in [6.45, 7) is 1.80. The van der Waals surface area contributed by atoms with Crippen molar-refractivity contribution < 1.29 is 20.1 Å². The first-order chi connectivity index (χ1) is 5.57. The molecule has 1 aliphatic heterocycles. The van der Waals surface area contributed by atoms with Crippen LogP contribution in [-0.4, -0.2) is 46.0 Å². The van der Waals surface area contributed by atoms with E-state index in [9.17, 15) is 10.2 Å². The zero-order valence-electron chi connectivity index (χ0n) is 6.92. The minimum atomic E-state index is -1.19. The summed E-state index contributed by atoms with van der Waals surface area (Å²) in [5.41, 5.74) is 5.34. The molecule has 5 nitrogen and oxygen atoms in total. The Bertz CT molecular complexity index is 150. The molecule has 0 amide bonds. The number of aliphatic hydroxyl groups is 3. The topological polar surface area (TPSA) is 95.9 Å². The van der Waals surface area contributed by atoms with Crippen molar-refractivity contribution in [3.05, 3.63) is 0 Å². The Kier molecular flexibility index (Phi) is 3.03. The van der Waals surface area contributed by atoms with E-state index in [1.54, 1.807) is 6.92 Å². The summed E-state index contributed by atoms with van der Waals surface area (Å²) in [5, 5.41) is 27.8. The molecule has 0 spiro atoms. The van der Waals surface area contributed by atoms with Gasteiger partial charge in [0.15, 0.2) is 6.29 Å². The van der Waals surface area contributed by atoms with Gasteiger partial charge in [-0.3, -0.25) is 0 Å². The van der Waals surface area contributed by atoms with Crippen LogP contribution >= 0.6 is 0 Å². The summed E-state index contributed by atoms with van der Waals surface area (Å²) in [6.07, 6.45) is -3.31. The Hall–Kier alpha value is -0.200. The van der Waals surface area contributed by atoms with E-state index in [-0.39, 0.29) is 0 Å². The van der Waals surface area contributed by atoms with Crippen LogP contribution in [0.5, 0.6) is 0 Å². The first kappa shape index (κ1) is 9.88. The second-order valence-corrected chi connectivity index (χ2v) is 3.03. The van der Waals surface area contributed by atoms with Crippen LogP contribution < -0.4 is 5.73 Å². The van der Waals surface area contributed by atoms with Gasteiger partial charge >= 0.3 is 0 Å². The number of hydrogen-bond acceptors (Lipinski definition) is 5. The highest BCUT2D eigenvalue weighted by molar-refractivity contribution is 4.90. The van der Waals surface area contributed by atoms with E-state index in [0.717, 1.165) is 0 Å². The summed E-state index contributed by atoms with van der Waals surface area (Å²) in [6, 6.07) is -0.928. The summed E-state index contributed by atoms with van der Waals surface area (Å²) >= 11 is 0. The predicted molar refractivity (Wildman–Crippen MR) is 41.2 cm³/mol. The van der Waals surface area contributed by atoms with Crippen LogP contribution in [0.3, 0.4) is 0 Å². The normalized spacial score (nSPS) is 49.2. The minimum absolute atomic E-state index is 0.530. The molecule has 5 heteroatoms. The van der Waals surface area contributed by atoms with Gasteiger partial charge in [0.1, 0.15) is 12.2 Å². The molecule has 0 aromatic heterocycles. The Morgan fingerprint density at radius 1 is 1.25 bits per heavy atom. The van der Waals surface area contributed by atoms with Gasteiger partial charge in [-0.05, 0) is 6.42 Å². The molecule has 0 unspecified atom stereocenters. The second kappa shape index (κ2) is 3.68. The molecule has 0 aromatic carbocycles. The molecule has 0 aliphatic carbocycles. The van der Waals surface area contributed by atoms with E-state index >= 15 is 0 Å². The lowest BCUT2D eigenvalue weighted by Gasteiger charge is -2.38. The minimum Gasteiger partial charge on any atom is -0.388 e. The molecule has 0 radical (unpaired) electrons. The molecule has 5 atom stereocenters. The molecule has 5 N–H and O–H groups in total. The van der Waals surface area contributed by atoms with E-state index in [1.807, 2.05) is 0 Å².